The highest BCUT2D eigenvalue weighted by Crippen LogP contribution is 2.37. The normalized spacial score (nSPS) is 17.3. The highest BCUT2D eigenvalue weighted by atomic mass is 32.1. The Morgan fingerprint density at radius 2 is 2.17 bits per heavy atom. The Morgan fingerprint density at radius 1 is 1.44 bits per heavy atom. The van der Waals surface area contributed by atoms with Crippen LogP contribution in [0.5, 0.6) is 0 Å². The van der Waals surface area contributed by atoms with Gasteiger partial charge in [-0.2, -0.15) is 0 Å². The molecular weight excluding hydrogens is 254 g/mol. The predicted octanol–water partition coefficient (Wildman–Crippen LogP) is 1.91. The van der Waals surface area contributed by atoms with Gasteiger partial charge >= 0.3 is 12.0 Å². The van der Waals surface area contributed by atoms with Crippen molar-refractivity contribution in [2.45, 2.75) is 25.7 Å². The summed E-state index contributed by atoms with van der Waals surface area (Å²) in [5, 5.41) is 16.7. The van der Waals surface area contributed by atoms with Crippen molar-refractivity contribution in [3.8, 4) is 0 Å². The lowest BCUT2D eigenvalue weighted by Gasteiger charge is -2.23. The SMILES string of the molecule is O=C(NCC1(C(=O)O)CCCC1)Nc1nccs1. The number of carbonyl (C=O) groups excluding carboxylic acids is 1. The van der Waals surface area contributed by atoms with Crippen LogP contribution in [0, 0.1) is 5.41 Å². The monoisotopic (exact) mass is 269 g/mol. The molecule has 2 amide bonds. The number of carboxylic acid groups (broad SMARTS) is 1. The fraction of sp³-hybridized carbons (Fsp3) is 0.545. The fourth-order valence-corrected chi connectivity index (χ4v) is 2.72. The summed E-state index contributed by atoms with van der Waals surface area (Å²) >= 11 is 1.32. The fourth-order valence-electron chi connectivity index (χ4n) is 2.19. The molecule has 0 bridgehead atoms. The van der Waals surface area contributed by atoms with E-state index in [-0.39, 0.29) is 6.54 Å². The first-order valence-corrected chi connectivity index (χ1v) is 6.68. The lowest BCUT2D eigenvalue weighted by Crippen LogP contribution is -2.42. The second kappa shape index (κ2) is 5.34. The summed E-state index contributed by atoms with van der Waals surface area (Å²) in [6.07, 6.45) is 4.65. The molecule has 0 aliphatic heterocycles. The Hall–Kier alpha value is -1.63. The molecule has 1 aliphatic rings. The van der Waals surface area contributed by atoms with E-state index in [1.54, 1.807) is 11.6 Å². The van der Waals surface area contributed by atoms with Gasteiger partial charge in [-0.3, -0.25) is 10.1 Å². The van der Waals surface area contributed by atoms with Gasteiger partial charge in [-0.25, -0.2) is 9.78 Å². The number of amides is 2. The Kier molecular flexibility index (Phi) is 3.81. The van der Waals surface area contributed by atoms with Crippen molar-refractivity contribution in [2.75, 3.05) is 11.9 Å². The standard InChI is InChI=1S/C11H15N3O3S/c15-8(16)11(3-1-2-4-11)7-13-9(17)14-10-12-5-6-18-10/h5-6H,1-4,7H2,(H,15,16)(H2,12,13,14,17). The minimum Gasteiger partial charge on any atom is -0.481 e. The summed E-state index contributed by atoms with van der Waals surface area (Å²) in [5.74, 6) is -0.824. The number of nitrogens with zero attached hydrogens (tertiary/aromatic N) is 1. The van der Waals surface area contributed by atoms with Crippen LogP contribution in [0.15, 0.2) is 11.6 Å². The molecule has 1 heterocycles. The van der Waals surface area contributed by atoms with E-state index in [2.05, 4.69) is 15.6 Å². The van der Waals surface area contributed by atoms with Crippen molar-refractivity contribution in [2.24, 2.45) is 5.41 Å². The molecule has 18 heavy (non-hydrogen) atoms. The van der Waals surface area contributed by atoms with Gasteiger partial charge in [-0.05, 0) is 12.8 Å². The molecule has 1 saturated carbocycles. The Labute approximate surface area is 108 Å². The molecule has 0 radical (unpaired) electrons. The quantitative estimate of drug-likeness (QED) is 0.778. The summed E-state index contributed by atoms with van der Waals surface area (Å²) in [7, 11) is 0. The molecule has 6 nitrogen and oxygen atoms in total. The van der Waals surface area contributed by atoms with Crippen LogP contribution < -0.4 is 10.6 Å². The van der Waals surface area contributed by atoms with E-state index in [1.807, 2.05) is 0 Å². The molecule has 3 N–H and O–H groups in total. The number of aromatic nitrogens is 1. The number of rotatable bonds is 4. The van der Waals surface area contributed by atoms with Crippen LogP contribution in [-0.2, 0) is 4.79 Å². The minimum atomic E-state index is -0.824. The number of urea groups is 1. The van der Waals surface area contributed by atoms with Gasteiger partial charge in [0.15, 0.2) is 5.13 Å². The topological polar surface area (TPSA) is 91.3 Å². The molecule has 0 spiro atoms. The third-order valence-corrected chi connectivity index (χ3v) is 3.94. The molecule has 0 aromatic carbocycles. The molecule has 1 aromatic rings. The number of carbonyl (C=O) groups is 2. The van der Waals surface area contributed by atoms with E-state index in [9.17, 15) is 14.7 Å². The summed E-state index contributed by atoms with van der Waals surface area (Å²) in [6.45, 7) is 0.166. The molecule has 7 heteroatoms. The summed E-state index contributed by atoms with van der Waals surface area (Å²) in [4.78, 5) is 26.8. The van der Waals surface area contributed by atoms with Crippen LogP contribution >= 0.6 is 11.3 Å². The molecule has 98 valence electrons. The van der Waals surface area contributed by atoms with E-state index in [1.165, 1.54) is 11.3 Å². The van der Waals surface area contributed by atoms with Gasteiger partial charge in [0.1, 0.15) is 0 Å². The minimum absolute atomic E-state index is 0.166. The van der Waals surface area contributed by atoms with Gasteiger partial charge in [0, 0.05) is 18.1 Å². The number of anilines is 1. The van der Waals surface area contributed by atoms with E-state index in [0.717, 1.165) is 12.8 Å². The maximum Gasteiger partial charge on any atom is 0.321 e. The summed E-state index contributed by atoms with van der Waals surface area (Å²) < 4.78 is 0. The second-order valence-corrected chi connectivity index (χ2v) is 5.33. The summed E-state index contributed by atoms with van der Waals surface area (Å²) in [5.41, 5.74) is -0.791. The molecular formula is C11H15N3O3S. The number of hydrogen-bond donors (Lipinski definition) is 3. The average molecular weight is 269 g/mol. The first-order chi connectivity index (χ1) is 8.62. The van der Waals surface area contributed by atoms with Gasteiger partial charge in [0.25, 0.3) is 0 Å². The number of carboxylic acids is 1. The molecule has 1 aromatic heterocycles. The predicted molar refractivity (Wildman–Crippen MR) is 67.7 cm³/mol. The van der Waals surface area contributed by atoms with Crippen LogP contribution in [0.1, 0.15) is 25.7 Å². The van der Waals surface area contributed by atoms with Crippen molar-refractivity contribution in [1.82, 2.24) is 10.3 Å². The molecule has 0 unspecified atom stereocenters. The first kappa shape index (κ1) is 12.8. The van der Waals surface area contributed by atoms with Gasteiger partial charge in [-0.1, -0.05) is 12.8 Å². The Bertz CT molecular complexity index is 427. The van der Waals surface area contributed by atoms with Crippen molar-refractivity contribution in [3.05, 3.63) is 11.6 Å². The third-order valence-electron chi connectivity index (χ3n) is 3.25. The van der Waals surface area contributed by atoms with Gasteiger partial charge in [-0.15, -0.1) is 11.3 Å². The highest BCUT2D eigenvalue weighted by molar-refractivity contribution is 7.13. The molecule has 2 rings (SSSR count). The summed E-state index contributed by atoms with van der Waals surface area (Å²) in [6, 6.07) is -0.405. The zero-order chi connectivity index (χ0) is 13.0. The van der Waals surface area contributed by atoms with Crippen molar-refractivity contribution >= 4 is 28.5 Å². The van der Waals surface area contributed by atoms with Crippen LogP contribution in [0.3, 0.4) is 0 Å². The molecule has 0 atom stereocenters. The van der Waals surface area contributed by atoms with E-state index < -0.39 is 17.4 Å². The van der Waals surface area contributed by atoms with Crippen LogP contribution in [-0.4, -0.2) is 28.6 Å². The number of nitrogens with one attached hydrogen (secondary N) is 2. The number of aliphatic carboxylic acids is 1. The first-order valence-electron chi connectivity index (χ1n) is 5.80. The zero-order valence-corrected chi connectivity index (χ0v) is 10.6. The van der Waals surface area contributed by atoms with Crippen molar-refractivity contribution in [1.29, 1.82) is 0 Å². The van der Waals surface area contributed by atoms with Crippen molar-refractivity contribution in [3.63, 3.8) is 0 Å². The van der Waals surface area contributed by atoms with E-state index in [0.29, 0.717) is 18.0 Å². The lowest BCUT2D eigenvalue weighted by atomic mass is 9.86. The second-order valence-electron chi connectivity index (χ2n) is 4.44. The largest absolute Gasteiger partial charge is 0.481 e. The Morgan fingerprint density at radius 3 is 2.72 bits per heavy atom. The number of thiazole rings is 1. The van der Waals surface area contributed by atoms with Crippen LogP contribution in [0.4, 0.5) is 9.93 Å². The van der Waals surface area contributed by atoms with Crippen LogP contribution in [0.25, 0.3) is 0 Å². The smallest absolute Gasteiger partial charge is 0.321 e. The Balaban J connectivity index is 1.86. The maximum atomic E-state index is 11.6. The highest BCUT2D eigenvalue weighted by Gasteiger charge is 2.41. The van der Waals surface area contributed by atoms with Gasteiger partial charge in [0.05, 0.1) is 5.41 Å². The van der Waals surface area contributed by atoms with E-state index in [4.69, 9.17) is 0 Å². The van der Waals surface area contributed by atoms with Crippen molar-refractivity contribution < 1.29 is 14.7 Å². The van der Waals surface area contributed by atoms with Crippen LogP contribution in [0.2, 0.25) is 0 Å². The molecule has 1 fully saturated rings. The zero-order valence-electron chi connectivity index (χ0n) is 9.81. The average Bonchev–Trinajstić information content (AvgIpc) is 2.97. The van der Waals surface area contributed by atoms with Gasteiger partial charge in [0.2, 0.25) is 0 Å². The third kappa shape index (κ3) is 2.79. The molecule has 0 saturated heterocycles. The maximum absolute atomic E-state index is 11.6. The number of hydrogen-bond acceptors (Lipinski definition) is 4. The molecule has 1 aliphatic carbocycles. The van der Waals surface area contributed by atoms with Gasteiger partial charge < -0.3 is 10.4 Å². The lowest BCUT2D eigenvalue weighted by molar-refractivity contribution is -0.148. The van der Waals surface area contributed by atoms with E-state index >= 15 is 0 Å².